The summed E-state index contributed by atoms with van der Waals surface area (Å²) in [4.78, 5) is 10.6. The Morgan fingerprint density at radius 3 is 2.70 bits per heavy atom. The van der Waals surface area contributed by atoms with E-state index in [1.807, 2.05) is 0 Å². The number of nitrogens with one attached hydrogen (secondary N) is 1. The van der Waals surface area contributed by atoms with E-state index >= 15 is 0 Å². The van der Waals surface area contributed by atoms with Gasteiger partial charge in [-0.15, -0.1) is 0 Å². The van der Waals surface area contributed by atoms with Gasteiger partial charge in [-0.05, 0) is 12.8 Å². The first-order valence-electron chi connectivity index (χ1n) is 3.24. The Kier molecular flexibility index (Phi) is 1.80. The zero-order valence-electron chi connectivity index (χ0n) is 5.68. The second-order valence-electron chi connectivity index (χ2n) is 2.29. The van der Waals surface area contributed by atoms with Gasteiger partial charge in [0.2, 0.25) is 0 Å². The number of rotatable bonds is 1. The maximum absolute atomic E-state index is 10.6. The summed E-state index contributed by atoms with van der Waals surface area (Å²) in [6, 6.07) is 0. The van der Waals surface area contributed by atoms with Crippen molar-refractivity contribution >= 4 is 5.91 Å². The first-order valence-corrected chi connectivity index (χ1v) is 3.24. The summed E-state index contributed by atoms with van der Waals surface area (Å²) in [5.74, 6) is -0.461. The molecule has 10 heavy (non-hydrogen) atoms. The largest absolute Gasteiger partial charge is 0.400 e. The molecule has 0 fully saturated rings. The Hall–Kier alpha value is -1.19. The van der Waals surface area contributed by atoms with E-state index in [0.29, 0.717) is 11.4 Å². The summed E-state index contributed by atoms with van der Waals surface area (Å²) in [5, 5.41) is 2.85. The van der Waals surface area contributed by atoms with Gasteiger partial charge in [-0.2, -0.15) is 0 Å². The van der Waals surface area contributed by atoms with Gasteiger partial charge in [-0.3, -0.25) is 4.79 Å². The lowest BCUT2D eigenvalue weighted by atomic mass is 10.1. The first-order chi connectivity index (χ1) is 4.72. The standard InChI is InChI=1S/C6H11N3O/c7-4-2-1-3-9-5(4)6(8)10/h9H,1-3,7H2,(H2,8,10). The summed E-state index contributed by atoms with van der Waals surface area (Å²) >= 11 is 0. The molecule has 0 atom stereocenters. The third kappa shape index (κ3) is 1.21. The second kappa shape index (κ2) is 2.60. The van der Waals surface area contributed by atoms with Crippen LogP contribution in [-0.2, 0) is 4.79 Å². The molecule has 56 valence electrons. The highest BCUT2D eigenvalue weighted by molar-refractivity contribution is 5.92. The zero-order chi connectivity index (χ0) is 7.56. The minimum atomic E-state index is -0.461. The smallest absolute Gasteiger partial charge is 0.266 e. The molecule has 4 nitrogen and oxygen atoms in total. The zero-order valence-corrected chi connectivity index (χ0v) is 5.68. The number of allylic oxidation sites excluding steroid dienone is 1. The Balaban J connectivity index is 2.78. The lowest BCUT2D eigenvalue weighted by Gasteiger charge is -2.16. The molecule has 0 aromatic rings. The van der Waals surface area contributed by atoms with Crippen molar-refractivity contribution in [2.24, 2.45) is 11.5 Å². The fraction of sp³-hybridized carbons (Fsp3) is 0.500. The van der Waals surface area contributed by atoms with Gasteiger partial charge in [0.15, 0.2) is 0 Å². The highest BCUT2D eigenvalue weighted by Crippen LogP contribution is 2.07. The van der Waals surface area contributed by atoms with E-state index in [2.05, 4.69) is 5.32 Å². The van der Waals surface area contributed by atoms with Crippen molar-refractivity contribution in [3.05, 3.63) is 11.4 Å². The van der Waals surface area contributed by atoms with E-state index in [4.69, 9.17) is 11.5 Å². The Labute approximate surface area is 59.3 Å². The van der Waals surface area contributed by atoms with Crippen LogP contribution in [0.1, 0.15) is 12.8 Å². The van der Waals surface area contributed by atoms with Gasteiger partial charge >= 0.3 is 0 Å². The molecule has 0 aromatic carbocycles. The quantitative estimate of drug-likeness (QED) is 0.439. The van der Waals surface area contributed by atoms with Gasteiger partial charge in [0.05, 0.1) is 0 Å². The third-order valence-electron chi connectivity index (χ3n) is 1.49. The van der Waals surface area contributed by atoms with Crippen molar-refractivity contribution in [3.63, 3.8) is 0 Å². The van der Waals surface area contributed by atoms with Crippen molar-refractivity contribution in [2.75, 3.05) is 6.54 Å². The van der Waals surface area contributed by atoms with E-state index in [1.54, 1.807) is 0 Å². The Morgan fingerprint density at radius 1 is 1.60 bits per heavy atom. The average molecular weight is 141 g/mol. The molecule has 4 heteroatoms. The number of carbonyl (C=O) groups is 1. The van der Waals surface area contributed by atoms with E-state index in [0.717, 1.165) is 19.4 Å². The van der Waals surface area contributed by atoms with Crippen LogP contribution in [0.15, 0.2) is 11.4 Å². The van der Waals surface area contributed by atoms with Crippen LogP contribution in [0.4, 0.5) is 0 Å². The SMILES string of the molecule is NC(=O)C1=C(N)CCCN1. The third-order valence-corrected chi connectivity index (χ3v) is 1.49. The Morgan fingerprint density at radius 2 is 2.30 bits per heavy atom. The summed E-state index contributed by atoms with van der Waals surface area (Å²) in [5.41, 5.74) is 11.5. The summed E-state index contributed by atoms with van der Waals surface area (Å²) in [7, 11) is 0. The topological polar surface area (TPSA) is 81.1 Å². The Bertz CT molecular complexity index is 185. The van der Waals surface area contributed by atoms with Crippen LogP contribution in [0, 0.1) is 0 Å². The highest BCUT2D eigenvalue weighted by Gasteiger charge is 2.12. The van der Waals surface area contributed by atoms with Gasteiger partial charge in [-0.1, -0.05) is 0 Å². The minimum absolute atomic E-state index is 0.395. The molecule has 1 aliphatic heterocycles. The molecule has 1 aliphatic rings. The molecule has 0 bridgehead atoms. The first kappa shape index (κ1) is 6.92. The number of amides is 1. The monoisotopic (exact) mass is 141 g/mol. The van der Waals surface area contributed by atoms with Crippen molar-refractivity contribution in [2.45, 2.75) is 12.8 Å². The number of carbonyl (C=O) groups excluding carboxylic acids is 1. The predicted molar refractivity (Wildman–Crippen MR) is 37.6 cm³/mol. The summed E-state index contributed by atoms with van der Waals surface area (Å²) < 4.78 is 0. The molecule has 1 amide bonds. The van der Waals surface area contributed by atoms with E-state index in [9.17, 15) is 4.79 Å². The van der Waals surface area contributed by atoms with Crippen LogP contribution < -0.4 is 16.8 Å². The van der Waals surface area contributed by atoms with Gasteiger partial charge in [0, 0.05) is 12.2 Å². The minimum Gasteiger partial charge on any atom is -0.400 e. The molecule has 0 aromatic heterocycles. The van der Waals surface area contributed by atoms with Crippen molar-refractivity contribution in [1.29, 1.82) is 0 Å². The molecule has 0 aliphatic carbocycles. The number of hydrogen-bond donors (Lipinski definition) is 3. The van der Waals surface area contributed by atoms with Gasteiger partial charge < -0.3 is 16.8 Å². The summed E-state index contributed by atoms with van der Waals surface area (Å²) in [6.45, 7) is 0.791. The average Bonchev–Trinajstić information content (AvgIpc) is 1.88. The maximum Gasteiger partial charge on any atom is 0.266 e. The number of nitrogens with two attached hydrogens (primary N) is 2. The molecule has 0 spiro atoms. The van der Waals surface area contributed by atoms with Crippen LogP contribution in [0.5, 0.6) is 0 Å². The van der Waals surface area contributed by atoms with Crippen LogP contribution in [-0.4, -0.2) is 12.5 Å². The molecule has 5 N–H and O–H groups in total. The number of hydrogen-bond acceptors (Lipinski definition) is 3. The van der Waals surface area contributed by atoms with Crippen LogP contribution in [0.2, 0.25) is 0 Å². The van der Waals surface area contributed by atoms with E-state index in [1.165, 1.54) is 0 Å². The maximum atomic E-state index is 10.6. The van der Waals surface area contributed by atoms with Gasteiger partial charge in [0.25, 0.3) is 5.91 Å². The lowest BCUT2D eigenvalue weighted by Crippen LogP contribution is -2.33. The van der Waals surface area contributed by atoms with Crippen LogP contribution >= 0.6 is 0 Å². The van der Waals surface area contributed by atoms with E-state index in [-0.39, 0.29) is 0 Å². The lowest BCUT2D eigenvalue weighted by molar-refractivity contribution is -0.115. The molecule has 1 heterocycles. The number of primary amides is 1. The molecule has 0 saturated carbocycles. The molecule has 0 saturated heterocycles. The van der Waals surface area contributed by atoms with Crippen LogP contribution in [0.3, 0.4) is 0 Å². The normalized spacial score (nSPS) is 18.4. The second-order valence-corrected chi connectivity index (χ2v) is 2.29. The molecular weight excluding hydrogens is 130 g/mol. The predicted octanol–water partition coefficient (Wildman–Crippen LogP) is -0.975. The van der Waals surface area contributed by atoms with E-state index < -0.39 is 5.91 Å². The van der Waals surface area contributed by atoms with Gasteiger partial charge in [-0.25, -0.2) is 0 Å². The molecule has 0 radical (unpaired) electrons. The van der Waals surface area contributed by atoms with Gasteiger partial charge in [0.1, 0.15) is 5.70 Å². The summed E-state index contributed by atoms with van der Waals surface area (Å²) in [6.07, 6.45) is 1.74. The fourth-order valence-electron chi connectivity index (χ4n) is 0.976. The van der Waals surface area contributed by atoms with Crippen molar-refractivity contribution < 1.29 is 4.79 Å². The van der Waals surface area contributed by atoms with Crippen molar-refractivity contribution in [1.82, 2.24) is 5.32 Å². The van der Waals surface area contributed by atoms with Crippen LogP contribution in [0.25, 0.3) is 0 Å². The molecule has 1 rings (SSSR count). The molecular formula is C6H11N3O. The molecule has 0 unspecified atom stereocenters. The van der Waals surface area contributed by atoms with Crippen molar-refractivity contribution in [3.8, 4) is 0 Å². The fourth-order valence-corrected chi connectivity index (χ4v) is 0.976. The highest BCUT2D eigenvalue weighted by atomic mass is 16.1.